The van der Waals surface area contributed by atoms with Crippen LogP contribution in [0.2, 0.25) is 0 Å². The fourth-order valence-corrected chi connectivity index (χ4v) is 2.49. The number of aromatic nitrogens is 2. The highest BCUT2D eigenvalue weighted by Gasteiger charge is 2.06. The summed E-state index contributed by atoms with van der Waals surface area (Å²) in [5.74, 6) is 0. The van der Waals surface area contributed by atoms with Crippen LogP contribution in [0.3, 0.4) is 0 Å². The standard InChI is InChI=1S/C18H19N3/c1-14(11-12-15-7-3-2-4-8-15)20-18-13-19-21-17-10-6-5-9-16(17)18/h2-10,13-14H,11-12H2,1H3,(H,20,21). The Kier molecular flexibility index (Phi) is 4.10. The van der Waals surface area contributed by atoms with Gasteiger partial charge < -0.3 is 5.32 Å². The van der Waals surface area contributed by atoms with E-state index in [1.165, 1.54) is 5.56 Å². The van der Waals surface area contributed by atoms with E-state index in [1.54, 1.807) is 6.20 Å². The Morgan fingerprint density at radius 3 is 2.62 bits per heavy atom. The summed E-state index contributed by atoms with van der Waals surface area (Å²) in [7, 11) is 0. The van der Waals surface area contributed by atoms with Crippen LogP contribution in [0.4, 0.5) is 5.69 Å². The van der Waals surface area contributed by atoms with Gasteiger partial charge >= 0.3 is 0 Å². The van der Waals surface area contributed by atoms with Crippen molar-refractivity contribution >= 4 is 16.6 Å². The summed E-state index contributed by atoms with van der Waals surface area (Å²) in [5, 5.41) is 12.9. The molecule has 1 heterocycles. The number of nitrogens with zero attached hydrogens (tertiary/aromatic N) is 2. The van der Waals surface area contributed by atoms with E-state index in [1.807, 2.05) is 18.2 Å². The maximum Gasteiger partial charge on any atom is 0.0950 e. The number of fused-ring (bicyclic) bond motifs is 1. The Hall–Kier alpha value is -2.42. The summed E-state index contributed by atoms with van der Waals surface area (Å²) in [5.41, 5.74) is 3.36. The molecule has 0 aliphatic heterocycles. The SMILES string of the molecule is CC(CCc1ccccc1)Nc1cnnc2ccccc12. The van der Waals surface area contributed by atoms with E-state index >= 15 is 0 Å². The Balaban J connectivity index is 1.67. The molecule has 1 unspecified atom stereocenters. The molecule has 3 rings (SSSR count). The van der Waals surface area contributed by atoms with Crippen molar-refractivity contribution in [1.82, 2.24) is 10.2 Å². The van der Waals surface area contributed by atoms with E-state index in [-0.39, 0.29) is 0 Å². The first-order chi connectivity index (χ1) is 10.3. The van der Waals surface area contributed by atoms with Crippen molar-refractivity contribution in [2.24, 2.45) is 0 Å². The molecule has 2 aromatic carbocycles. The molecule has 1 atom stereocenters. The predicted molar refractivity (Wildman–Crippen MR) is 87.4 cm³/mol. The molecule has 0 saturated carbocycles. The minimum absolute atomic E-state index is 0.387. The van der Waals surface area contributed by atoms with Crippen LogP contribution in [0, 0.1) is 0 Å². The lowest BCUT2D eigenvalue weighted by Gasteiger charge is -2.16. The van der Waals surface area contributed by atoms with Crippen molar-refractivity contribution in [3.63, 3.8) is 0 Å². The van der Waals surface area contributed by atoms with Crippen LogP contribution in [0.25, 0.3) is 10.9 Å². The first-order valence-electron chi connectivity index (χ1n) is 7.34. The highest BCUT2D eigenvalue weighted by Crippen LogP contribution is 2.21. The van der Waals surface area contributed by atoms with Crippen molar-refractivity contribution in [3.05, 3.63) is 66.4 Å². The number of nitrogens with one attached hydrogen (secondary N) is 1. The molecule has 3 heteroatoms. The third-order valence-corrected chi connectivity index (χ3v) is 3.66. The van der Waals surface area contributed by atoms with Crippen LogP contribution < -0.4 is 5.32 Å². The molecule has 1 aromatic heterocycles. The highest BCUT2D eigenvalue weighted by atomic mass is 15.1. The predicted octanol–water partition coefficient (Wildman–Crippen LogP) is 4.06. The third kappa shape index (κ3) is 3.37. The second-order valence-corrected chi connectivity index (χ2v) is 5.35. The van der Waals surface area contributed by atoms with Gasteiger partial charge in [0.1, 0.15) is 0 Å². The lowest BCUT2D eigenvalue weighted by atomic mass is 10.1. The van der Waals surface area contributed by atoms with E-state index in [4.69, 9.17) is 0 Å². The summed E-state index contributed by atoms with van der Waals surface area (Å²) in [4.78, 5) is 0. The van der Waals surface area contributed by atoms with Crippen LogP contribution in [0.15, 0.2) is 60.8 Å². The van der Waals surface area contributed by atoms with Crippen LogP contribution in [-0.4, -0.2) is 16.2 Å². The van der Waals surface area contributed by atoms with Gasteiger partial charge in [-0.05, 0) is 31.4 Å². The molecule has 1 N–H and O–H groups in total. The molecule has 0 amide bonds. The lowest BCUT2D eigenvalue weighted by Crippen LogP contribution is -2.16. The smallest absolute Gasteiger partial charge is 0.0950 e. The molecule has 3 nitrogen and oxygen atoms in total. The van der Waals surface area contributed by atoms with E-state index in [0.717, 1.165) is 29.4 Å². The molecule has 0 saturated heterocycles. The molecule has 3 aromatic rings. The van der Waals surface area contributed by atoms with Gasteiger partial charge in [0.2, 0.25) is 0 Å². The fourth-order valence-electron chi connectivity index (χ4n) is 2.49. The summed E-state index contributed by atoms with van der Waals surface area (Å²) in [6, 6.07) is 19.1. The van der Waals surface area contributed by atoms with Gasteiger partial charge in [0.25, 0.3) is 0 Å². The molecular formula is C18H19N3. The van der Waals surface area contributed by atoms with Gasteiger partial charge in [-0.1, -0.05) is 48.5 Å². The van der Waals surface area contributed by atoms with E-state index in [0.29, 0.717) is 6.04 Å². The van der Waals surface area contributed by atoms with Gasteiger partial charge in [0.05, 0.1) is 17.4 Å². The Morgan fingerprint density at radius 1 is 1.00 bits per heavy atom. The highest BCUT2D eigenvalue weighted by molar-refractivity contribution is 5.90. The average Bonchev–Trinajstić information content (AvgIpc) is 2.54. The van der Waals surface area contributed by atoms with Gasteiger partial charge in [0.15, 0.2) is 0 Å². The fraction of sp³-hybridized carbons (Fsp3) is 0.222. The van der Waals surface area contributed by atoms with Gasteiger partial charge in [-0.3, -0.25) is 0 Å². The molecule has 0 spiro atoms. The van der Waals surface area contributed by atoms with Crippen LogP contribution in [0.1, 0.15) is 18.9 Å². The molecular weight excluding hydrogens is 258 g/mol. The van der Waals surface area contributed by atoms with Crippen LogP contribution >= 0.6 is 0 Å². The zero-order chi connectivity index (χ0) is 14.5. The summed E-state index contributed by atoms with van der Waals surface area (Å²) in [6.45, 7) is 2.21. The van der Waals surface area contributed by atoms with E-state index < -0.39 is 0 Å². The van der Waals surface area contributed by atoms with Crippen molar-refractivity contribution in [3.8, 4) is 0 Å². The molecule has 106 valence electrons. The molecule has 21 heavy (non-hydrogen) atoms. The van der Waals surface area contributed by atoms with Gasteiger partial charge in [-0.15, -0.1) is 0 Å². The zero-order valence-electron chi connectivity index (χ0n) is 12.2. The number of aryl methyl sites for hydroxylation is 1. The maximum atomic E-state index is 4.15. The van der Waals surface area contributed by atoms with E-state index in [9.17, 15) is 0 Å². The number of hydrogen-bond donors (Lipinski definition) is 1. The summed E-state index contributed by atoms with van der Waals surface area (Å²) >= 11 is 0. The molecule has 0 radical (unpaired) electrons. The summed E-state index contributed by atoms with van der Waals surface area (Å²) < 4.78 is 0. The van der Waals surface area contributed by atoms with Crippen molar-refractivity contribution in [2.75, 3.05) is 5.32 Å². The van der Waals surface area contributed by atoms with Crippen molar-refractivity contribution in [2.45, 2.75) is 25.8 Å². The number of benzene rings is 2. The summed E-state index contributed by atoms with van der Waals surface area (Å²) in [6.07, 6.45) is 3.97. The van der Waals surface area contributed by atoms with Gasteiger partial charge in [0, 0.05) is 11.4 Å². The topological polar surface area (TPSA) is 37.8 Å². The van der Waals surface area contributed by atoms with Crippen LogP contribution in [-0.2, 0) is 6.42 Å². The minimum atomic E-state index is 0.387. The molecule has 0 fully saturated rings. The monoisotopic (exact) mass is 277 g/mol. The first-order valence-corrected chi connectivity index (χ1v) is 7.34. The van der Waals surface area contributed by atoms with E-state index in [2.05, 4.69) is 58.8 Å². The third-order valence-electron chi connectivity index (χ3n) is 3.66. The first kappa shape index (κ1) is 13.6. The zero-order valence-corrected chi connectivity index (χ0v) is 12.2. The van der Waals surface area contributed by atoms with Crippen molar-refractivity contribution < 1.29 is 0 Å². The Labute approximate surface area is 125 Å². The van der Waals surface area contributed by atoms with Crippen LogP contribution in [0.5, 0.6) is 0 Å². The second kappa shape index (κ2) is 6.35. The normalized spacial score (nSPS) is 12.2. The van der Waals surface area contributed by atoms with Crippen molar-refractivity contribution in [1.29, 1.82) is 0 Å². The van der Waals surface area contributed by atoms with Gasteiger partial charge in [-0.25, -0.2) is 0 Å². The molecule has 0 bridgehead atoms. The quantitative estimate of drug-likeness (QED) is 0.764. The second-order valence-electron chi connectivity index (χ2n) is 5.35. The molecule has 0 aliphatic rings. The number of rotatable bonds is 5. The largest absolute Gasteiger partial charge is 0.381 e. The molecule has 0 aliphatic carbocycles. The Bertz CT molecular complexity index is 704. The number of hydrogen-bond acceptors (Lipinski definition) is 3. The average molecular weight is 277 g/mol. The number of anilines is 1. The Morgan fingerprint density at radius 2 is 1.76 bits per heavy atom. The minimum Gasteiger partial charge on any atom is -0.381 e. The van der Waals surface area contributed by atoms with Gasteiger partial charge in [-0.2, -0.15) is 10.2 Å². The lowest BCUT2D eigenvalue weighted by molar-refractivity contribution is 0.706. The maximum absolute atomic E-state index is 4.15.